The van der Waals surface area contributed by atoms with E-state index in [1.165, 1.54) is 4.90 Å². The first-order valence-electron chi connectivity index (χ1n) is 6.49. The number of fused-ring (bicyclic) bond motifs is 1. The van der Waals surface area contributed by atoms with Gasteiger partial charge in [0.2, 0.25) is 0 Å². The molecule has 4 heteroatoms. The van der Waals surface area contributed by atoms with Gasteiger partial charge in [0, 0.05) is 23.2 Å². The maximum Gasteiger partial charge on any atom is 0.134 e. The summed E-state index contributed by atoms with van der Waals surface area (Å²) >= 11 is 1.76. The molecule has 18 heavy (non-hydrogen) atoms. The van der Waals surface area contributed by atoms with E-state index in [1.807, 2.05) is 18.2 Å². The van der Waals surface area contributed by atoms with Crippen molar-refractivity contribution < 1.29 is 14.6 Å². The molecule has 1 saturated heterocycles. The summed E-state index contributed by atoms with van der Waals surface area (Å²) in [4.78, 5) is 1.17. The van der Waals surface area contributed by atoms with Crippen LogP contribution < -0.4 is 4.74 Å². The van der Waals surface area contributed by atoms with Gasteiger partial charge in [-0.1, -0.05) is 12.1 Å². The summed E-state index contributed by atoms with van der Waals surface area (Å²) < 4.78 is 11.4. The molecule has 0 saturated carbocycles. The summed E-state index contributed by atoms with van der Waals surface area (Å²) in [5.74, 6) is 1.93. The van der Waals surface area contributed by atoms with Crippen molar-refractivity contribution in [3.63, 3.8) is 0 Å². The molecule has 2 aliphatic heterocycles. The molecule has 2 aliphatic rings. The van der Waals surface area contributed by atoms with Crippen LogP contribution in [0.25, 0.3) is 0 Å². The fraction of sp³-hybridized carbons (Fsp3) is 0.571. The molecule has 3 atom stereocenters. The zero-order valence-electron chi connectivity index (χ0n) is 10.2. The van der Waals surface area contributed by atoms with Crippen LogP contribution in [0.5, 0.6) is 5.75 Å². The van der Waals surface area contributed by atoms with E-state index in [9.17, 15) is 5.11 Å². The zero-order valence-corrected chi connectivity index (χ0v) is 11.1. The van der Waals surface area contributed by atoms with E-state index in [4.69, 9.17) is 9.47 Å². The third-order valence-corrected chi connectivity index (χ3v) is 4.73. The number of hydrogen-bond acceptors (Lipinski definition) is 4. The minimum Gasteiger partial charge on any atom is -0.486 e. The molecular formula is C14H18O3S. The molecule has 1 fully saturated rings. The van der Waals surface area contributed by atoms with E-state index in [0.29, 0.717) is 6.61 Å². The van der Waals surface area contributed by atoms with Crippen molar-refractivity contribution in [3.05, 3.63) is 24.3 Å². The largest absolute Gasteiger partial charge is 0.486 e. The van der Waals surface area contributed by atoms with Crippen molar-refractivity contribution in [3.8, 4) is 5.75 Å². The van der Waals surface area contributed by atoms with E-state index < -0.39 is 6.10 Å². The maximum atomic E-state index is 10.4. The third kappa shape index (κ3) is 2.51. The van der Waals surface area contributed by atoms with Gasteiger partial charge < -0.3 is 14.6 Å². The summed E-state index contributed by atoms with van der Waals surface area (Å²) in [5, 5.41) is 10.4. The molecule has 2 heterocycles. The summed E-state index contributed by atoms with van der Waals surface area (Å²) in [6.45, 7) is 1.49. The fourth-order valence-electron chi connectivity index (χ4n) is 2.54. The Morgan fingerprint density at radius 3 is 3.06 bits per heavy atom. The monoisotopic (exact) mass is 266 g/mol. The first-order chi connectivity index (χ1) is 8.84. The molecule has 1 aromatic carbocycles. The van der Waals surface area contributed by atoms with Crippen molar-refractivity contribution in [2.75, 3.05) is 19.0 Å². The van der Waals surface area contributed by atoms with Gasteiger partial charge in [0.25, 0.3) is 0 Å². The average Bonchev–Trinajstić information content (AvgIpc) is 2.47. The van der Waals surface area contributed by atoms with Crippen LogP contribution in [0.15, 0.2) is 29.2 Å². The lowest BCUT2D eigenvalue weighted by Crippen LogP contribution is -2.43. The van der Waals surface area contributed by atoms with Gasteiger partial charge in [-0.3, -0.25) is 0 Å². The topological polar surface area (TPSA) is 38.7 Å². The van der Waals surface area contributed by atoms with Gasteiger partial charge in [0.15, 0.2) is 0 Å². The van der Waals surface area contributed by atoms with Crippen LogP contribution in [0.3, 0.4) is 0 Å². The Labute approximate surface area is 111 Å². The van der Waals surface area contributed by atoms with Crippen LogP contribution >= 0.6 is 11.8 Å². The number of ether oxygens (including phenoxy) is 2. The van der Waals surface area contributed by atoms with Crippen molar-refractivity contribution in [2.45, 2.75) is 29.9 Å². The molecule has 98 valence electrons. The van der Waals surface area contributed by atoms with Crippen molar-refractivity contribution in [1.29, 1.82) is 0 Å². The van der Waals surface area contributed by atoms with Crippen molar-refractivity contribution in [1.82, 2.24) is 0 Å². The Morgan fingerprint density at radius 2 is 2.22 bits per heavy atom. The number of benzene rings is 1. The Bertz CT molecular complexity index is 404. The highest BCUT2D eigenvalue weighted by Gasteiger charge is 2.33. The lowest BCUT2D eigenvalue weighted by Gasteiger charge is -2.34. The third-order valence-electron chi connectivity index (χ3n) is 3.59. The molecule has 1 aromatic rings. The van der Waals surface area contributed by atoms with Gasteiger partial charge in [0.1, 0.15) is 11.9 Å². The lowest BCUT2D eigenvalue weighted by atomic mass is 9.93. The van der Waals surface area contributed by atoms with Gasteiger partial charge in [-0.05, 0) is 25.0 Å². The number of aliphatic hydroxyl groups is 1. The van der Waals surface area contributed by atoms with Gasteiger partial charge in [-0.15, -0.1) is 11.8 Å². The van der Waals surface area contributed by atoms with Gasteiger partial charge in [0.05, 0.1) is 12.7 Å². The van der Waals surface area contributed by atoms with Crippen LogP contribution in [-0.4, -0.2) is 36.3 Å². The Morgan fingerprint density at radius 1 is 1.33 bits per heavy atom. The van der Waals surface area contributed by atoms with Gasteiger partial charge >= 0.3 is 0 Å². The van der Waals surface area contributed by atoms with E-state index in [1.54, 1.807) is 11.8 Å². The minimum atomic E-state index is -0.425. The first kappa shape index (κ1) is 12.3. The average molecular weight is 266 g/mol. The predicted molar refractivity (Wildman–Crippen MR) is 71.1 cm³/mol. The lowest BCUT2D eigenvalue weighted by molar-refractivity contribution is -0.0511. The molecule has 0 amide bonds. The van der Waals surface area contributed by atoms with E-state index in [0.717, 1.165) is 31.0 Å². The van der Waals surface area contributed by atoms with Crippen molar-refractivity contribution >= 4 is 11.8 Å². The number of rotatable bonds is 2. The standard InChI is InChI=1S/C14H18O3S/c15-14(10-4-3-7-16-8-10)12-9-18-13-6-2-1-5-11(13)17-12/h1-2,5-6,10,12,14-15H,3-4,7-9H2. The van der Waals surface area contributed by atoms with Crippen molar-refractivity contribution in [2.24, 2.45) is 5.92 Å². The van der Waals surface area contributed by atoms with Crippen LogP contribution in [0.1, 0.15) is 12.8 Å². The second-order valence-electron chi connectivity index (χ2n) is 4.88. The molecule has 3 nitrogen and oxygen atoms in total. The summed E-state index contributed by atoms with van der Waals surface area (Å²) in [7, 11) is 0. The number of aliphatic hydroxyl groups excluding tert-OH is 1. The molecule has 3 rings (SSSR count). The molecule has 3 unspecified atom stereocenters. The second-order valence-corrected chi connectivity index (χ2v) is 5.94. The smallest absolute Gasteiger partial charge is 0.134 e. The summed E-state index contributed by atoms with van der Waals surface area (Å²) in [6, 6.07) is 8.02. The zero-order chi connectivity index (χ0) is 12.4. The Balaban J connectivity index is 1.67. The molecule has 0 bridgehead atoms. The molecule has 0 aromatic heterocycles. The summed E-state index contributed by atoms with van der Waals surface area (Å²) in [5.41, 5.74) is 0. The van der Waals surface area contributed by atoms with Gasteiger partial charge in [-0.25, -0.2) is 0 Å². The van der Waals surface area contributed by atoms with Crippen LogP contribution in [0.4, 0.5) is 0 Å². The molecule has 0 aliphatic carbocycles. The first-order valence-corrected chi connectivity index (χ1v) is 7.47. The van der Waals surface area contributed by atoms with Gasteiger partial charge in [-0.2, -0.15) is 0 Å². The Kier molecular flexibility index (Phi) is 3.77. The number of thioether (sulfide) groups is 1. The Hall–Kier alpha value is -0.710. The highest BCUT2D eigenvalue weighted by atomic mass is 32.2. The second kappa shape index (κ2) is 5.51. The highest BCUT2D eigenvalue weighted by Crippen LogP contribution is 2.37. The maximum absolute atomic E-state index is 10.4. The van der Waals surface area contributed by atoms with Crippen LogP contribution in [0.2, 0.25) is 0 Å². The molecule has 1 N–H and O–H groups in total. The minimum absolute atomic E-state index is 0.114. The van der Waals surface area contributed by atoms with E-state index in [2.05, 4.69) is 6.07 Å². The van der Waals surface area contributed by atoms with Crippen LogP contribution in [-0.2, 0) is 4.74 Å². The SMILES string of the molecule is OC(C1CCCOC1)C1CSc2ccccc2O1. The van der Waals surface area contributed by atoms with E-state index >= 15 is 0 Å². The fourth-order valence-corrected chi connectivity index (χ4v) is 3.58. The molecule has 0 spiro atoms. The quantitative estimate of drug-likeness (QED) is 0.891. The predicted octanol–water partition coefficient (Wildman–Crippen LogP) is 2.33. The number of hydrogen-bond donors (Lipinski definition) is 1. The molecule has 0 radical (unpaired) electrons. The molecular weight excluding hydrogens is 248 g/mol. The highest BCUT2D eigenvalue weighted by molar-refractivity contribution is 7.99. The number of para-hydroxylation sites is 1. The van der Waals surface area contributed by atoms with E-state index in [-0.39, 0.29) is 12.0 Å². The summed E-state index contributed by atoms with van der Waals surface area (Å²) in [6.07, 6.45) is 1.54. The normalized spacial score (nSPS) is 29.2. The van der Waals surface area contributed by atoms with Crippen LogP contribution in [0, 0.1) is 5.92 Å².